The first-order valence-corrected chi connectivity index (χ1v) is 6.46. The van der Waals surface area contributed by atoms with Gasteiger partial charge in [-0.05, 0) is 24.8 Å². The Balaban J connectivity index is 2.42. The number of rotatable bonds is 8. The molecule has 0 amide bonds. The summed E-state index contributed by atoms with van der Waals surface area (Å²) in [5, 5.41) is 3.58. The number of aromatic nitrogens is 2. The Kier molecular flexibility index (Phi) is 6.41. The second kappa shape index (κ2) is 7.58. The Labute approximate surface area is 115 Å². The molecule has 1 heterocycles. The molecule has 0 saturated carbocycles. The van der Waals surface area contributed by atoms with Gasteiger partial charge in [-0.2, -0.15) is 18.2 Å². The summed E-state index contributed by atoms with van der Waals surface area (Å²) in [5.41, 5.74) is 5.66. The van der Waals surface area contributed by atoms with Crippen molar-refractivity contribution in [3.63, 3.8) is 0 Å². The number of hydrogen-bond acceptors (Lipinski definition) is 5. The van der Waals surface area contributed by atoms with Crippen molar-refractivity contribution in [2.75, 3.05) is 13.2 Å². The molecule has 8 heteroatoms. The van der Waals surface area contributed by atoms with E-state index < -0.39 is 12.8 Å². The van der Waals surface area contributed by atoms with E-state index in [1.165, 1.54) is 0 Å². The van der Waals surface area contributed by atoms with Crippen LogP contribution in [0, 0.1) is 11.8 Å². The van der Waals surface area contributed by atoms with Crippen LogP contribution in [-0.2, 0) is 17.8 Å². The van der Waals surface area contributed by atoms with Crippen LogP contribution in [0.5, 0.6) is 0 Å². The van der Waals surface area contributed by atoms with Crippen LogP contribution in [0.4, 0.5) is 13.2 Å². The average Bonchev–Trinajstić information content (AvgIpc) is 2.73. The molecule has 0 aliphatic rings. The maximum absolute atomic E-state index is 11.9. The molecule has 1 aromatic rings. The zero-order chi connectivity index (χ0) is 15.2. The monoisotopic (exact) mass is 295 g/mol. The molecule has 1 atom stereocenters. The molecule has 1 aromatic heterocycles. The van der Waals surface area contributed by atoms with Crippen molar-refractivity contribution in [2.24, 2.45) is 17.6 Å². The third kappa shape index (κ3) is 6.85. The lowest BCUT2D eigenvalue weighted by molar-refractivity contribution is -0.177. The molecule has 0 radical (unpaired) electrons. The summed E-state index contributed by atoms with van der Waals surface area (Å²) in [6.07, 6.45) is -2.89. The summed E-state index contributed by atoms with van der Waals surface area (Å²) < 4.78 is 45.1. The standard InChI is InChI=1S/C12H20F3N3O2/c1-8(2)3-9(5-16)4-11-17-10(18-20-11)6-19-7-12(13,14)15/h8-9H,3-7,16H2,1-2H3/t9-/m0/s1. The Hall–Kier alpha value is -1.15. The van der Waals surface area contributed by atoms with E-state index in [9.17, 15) is 13.2 Å². The number of nitrogens with zero attached hydrogens (tertiary/aromatic N) is 2. The predicted octanol–water partition coefficient (Wildman–Crippen LogP) is 2.31. The van der Waals surface area contributed by atoms with Gasteiger partial charge in [-0.15, -0.1) is 0 Å². The fraction of sp³-hybridized carbons (Fsp3) is 0.833. The molecule has 0 bridgehead atoms. The molecular weight excluding hydrogens is 275 g/mol. The van der Waals surface area contributed by atoms with Crippen LogP contribution >= 0.6 is 0 Å². The largest absolute Gasteiger partial charge is 0.411 e. The average molecular weight is 295 g/mol. The maximum atomic E-state index is 11.9. The van der Waals surface area contributed by atoms with E-state index in [4.69, 9.17) is 10.3 Å². The second-order valence-corrected chi connectivity index (χ2v) is 5.15. The van der Waals surface area contributed by atoms with Crippen LogP contribution < -0.4 is 5.73 Å². The molecule has 0 aliphatic heterocycles. The predicted molar refractivity (Wildman–Crippen MR) is 65.7 cm³/mol. The molecule has 0 unspecified atom stereocenters. The van der Waals surface area contributed by atoms with Gasteiger partial charge in [0.2, 0.25) is 5.89 Å². The van der Waals surface area contributed by atoms with E-state index >= 15 is 0 Å². The third-order valence-electron chi connectivity index (χ3n) is 2.61. The molecule has 0 saturated heterocycles. The minimum absolute atomic E-state index is 0.115. The number of nitrogens with two attached hydrogens (primary N) is 1. The van der Waals surface area contributed by atoms with Gasteiger partial charge in [0.15, 0.2) is 5.82 Å². The highest BCUT2D eigenvalue weighted by molar-refractivity contribution is 4.87. The minimum atomic E-state index is -4.35. The SMILES string of the molecule is CC(C)C[C@H](CN)Cc1nc(COCC(F)(F)F)no1. The summed E-state index contributed by atoms with van der Waals surface area (Å²) >= 11 is 0. The van der Waals surface area contributed by atoms with Gasteiger partial charge < -0.3 is 15.0 Å². The maximum Gasteiger partial charge on any atom is 0.411 e. The highest BCUT2D eigenvalue weighted by Gasteiger charge is 2.27. The van der Waals surface area contributed by atoms with E-state index in [0.717, 1.165) is 6.42 Å². The van der Waals surface area contributed by atoms with Crippen molar-refractivity contribution >= 4 is 0 Å². The first kappa shape index (κ1) is 16.9. The highest BCUT2D eigenvalue weighted by Crippen LogP contribution is 2.17. The van der Waals surface area contributed by atoms with E-state index in [-0.39, 0.29) is 18.3 Å². The molecular formula is C12H20F3N3O2. The van der Waals surface area contributed by atoms with Crippen LogP contribution in [0.1, 0.15) is 32.0 Å². The smallest absolute Gasteiger partial charge is 0.364 e. The Morgan fingerprint density at radius 2 is 2.05 bits per heavy atom. The van der Waals surface area contributed by atoms with Gasteiger partial charge in [0.1, 0.15) is 13.2 Å². The van der Waals surface area contributed by atoms with E-state index in [2.05, 4.69) is 28.7 Å². The molecule has 0 fully saturated rings. The number of alkyl halides is 3. The van der Waals surface area contributed by atoms with Gasteiger partial charge in [-0.1, -0.05) is 19.0 Å². The molecule has 116 valence electrons. The second-order valence-electron chi connectivity index (χ2n) is 5.15. The van der Waals surface area contributed by atoms with Gasteiger partial charge in [0.25, 0.3) is 0 Å². The number of ether oxygens (including phenoxy) is 1. The minimum Gasteiger partial charge on any atom is -0.364 e. The normalized spacial score (nSPS) is 13.9. The first-order valence-electron chi connectivity index (χ1n) is 6.46. The zero-order valence-corrected chi connectivity index (χ0v) is 11.6. The fourth-order valence-electron chi connectivity index (χ4n) is 1.87. The van der Waals surface area contributed by atoms with Crippen LogP contribution in [0.15, 0.2) is 4.52 Å². The van der Waals surface area contributed by atoms with Crippen molar-refractivity contribution in [1.82, 2.24) is 10.1 Å². The van der Waals surface area contributed by atoms with Crippen molar-refractivity contribution in [3.8, 4) is 0 Å². The molecule has 0 aliphatic carbocycles. The number of hydrogen-bond donors (Lipinski definition) is 1. The van der Waals surface area contributed by atoms with Crippen LogP contribution in [0.3, 0.4) is 0 Å². The lowest BCUT2D eigenvalue weighted by atomic mass is 9.94. The molecule has 5 nitrogen and oxygen atoms in total. The quantitative estimate of drug-likeness (QED) is 0.796. The highest BCUT2D eigenvalue weighted by atomic mass is 19.4. The lowest BCUT2D eigenvalue weighted by Crippen LogP contribution is -2.19. The zero-order valence-electron chi connectivity index (χ0n) is 11.6. The molecule has 0 aromatic carbocycles. The Bertz CT molecular complexity index is 394. The van der Waals surface area contributed by atoms with E-state index in [0.29, 0.717) is 24.8 Å². The molecule has 2 N–H and O–H groups in total. The van der Waals surface area contributed by atoms with Crippen molar-refractivity contribution < 1.29 is 22.4 Å². The van der Waals surface area contributed by atoms with Gasteiger partial charge in [-0.25, -0.2) is 0 Å². The van der Waals surface area contributed by atoms with Gasteiger partial charge in [0, 0.05) is 6.42 Å². The van der Waals surface area contributed by atoms with Gasteiger partial charge >= 0.3 is 6.18 Å². The topological polar surface area (TPSA) is 74.2 Å². The van der Waals surface area contributed by atoms with Crippen molar-refractivity contribution in [2.45, 2.75) is 39.5 Å². The van der Waals surface area contributed by atoms with Crippen LogP contribution in [-0.4, -0.2) is 29.5 Å². The van der Waals surface area contributed by atoms with E-state index in [1.807, 2.05) is 0 Å². The fourth-order valence-corrected chi connectivity index (χ4v) is 1.87. The first-order chi connectivity index (χ1) is 9.30. The summed E-state index contributed by atoms with van der Waals surface area (Å²) in [4.78, 5) is 4.00. The number of halogens is 3. The molecule has 0 spiro atoms. The van der Waals surface area contributed by atoms with E-state index in [1.54, 1.807) is 0 Å². The Morgan fingerprint density at radius 3 is 2.60 bits per heavy atom. The third-order valence-corrected chi connectivity index (χ3v) is 2.61. The van der Waals surface area contributed by atoms with Crippen molar-refractivity contribution in [1.29, 1.82) is 0 Å². The lowest BCUT2D eigenvalue weighted by Gasteiger charge is -2.14. The van der Waals surface area contributed by atoms with Crippen molar-refractivity contribution in [3.05, 3.63) is 11.7 Å². The summed E-state index contributed by atoms with van der Waals surface area (Å²) in [5.74, 6) is 1.22. The summed E-state index contributed by atoms with van der Waals surface area (Å²) in [6, 6.07) is 0. The summed E-state index contributed by atoms with van der Waals surface area (Å²) in [6.45, 7) is 3.04. The summed E-state index contributed by atoms with van der Waals surface area (Å²) in [7, 11) is 0. The van der Waals surface area contributed by atoms with Gasteiger partial charge in [0.05, 0.1) is 0 Å². The van der Waals surface area contributed by atoms with Gasteiger partial charge in [-0.3, -0.25) is 0 Å². The van der Waals surface area contributed by atoms with Crippen LogP contribution in [0.2, 0.25) is 0 Å². The molecule has 20 heavy (non-hydrogen) atoms. The van der Waals surface area contributed by atoms with Crippen LogP contribution in [0.25, 0.3) is 0 Å². The molecule has 1 rings (SSSR count). The Morgan fingerprint density at radius 1 is 1.35 bits per heavy atom.